The summed E-state index contributed by atoms with van der Waals surface area (Å²) in [6.07, 6.45) is 0. The third kappa shape index (κ3) is 2.55. The lowest BCUT2D eigenvalue weighted by Gasteiger charge is -2.19. The van der Waals surface area contributed by atoms with Crippen molar-refractivity contribution in [3.05, 3.63) is 35.9 Å². The van der Waals surface area contributed by atoms with Gasteiger partial charge in [0.25, 0.3) is 6.04 Å². The van der Waals surface area contributed by atoms with Gasteiger partial charge in [-0.25, -0.2) is 4.79 Å². The maximum absolute atomic E-state index is 13.8. The molecule has 0 aliphatic rings. The van der Waals surface area contributed by atoms with E-state index in [1.807, 2.05) is 0 Å². The maximum atomic E-state index is 13.8. The predicted molar refractivity (Wildman–Crippen MR) is 53.6 cm³/mol. The van der Waals surface area contributed by atoms with Crippen LogP contribution in [0.1, 0.15) is 12.5 Å². The van der Waals surface area contributed by atoms with Crippen molar-refractivity contribution in [1.29, 1.82) is 0 Å². The van der Waals surface area contributed by atoms with Crippen LogP contribution in [0.5, 0.6) is 0 Å². The highest BCUT2D eigenvalue weighted by atomic mass is 19.3. The van der Waals surface area contributed by atoms with E-state index in [0.29, 0.717) is 0 Å². The lowest BCUT2D eigenvalue weighted by Crippen LogP contribution is -2.71. The Morgan fingerprint density at radius 1 is 1.44 bits per heavy atom. The number of benzene rings is 1. The van der Waals surface area contributed by atoms with Crippen LogP contribution in [0.25, 0.3) is 0 Å². The SMILES string of the molecule is CCOC(=O)C([NH3+])C(F)(F)c1ccccc1. The largest absolute Gasteiger partial charge is 0.461 e. The monoisotopic (exact) mass is 230 g/mol. The molecule has 88 valence electrons. The van der Waals surface area contributed by atoms with E-state index in [1.54, 1.807) is 13.0 Å². The van der Waals surface area contributed by atoms with E-state index < -0.39 is 17.9 Å². The molecule has 0 fully saturated rings. The van der Waals surface area contributed by atoms with Crippen LogP contribution in [-0.4, -0.2) is 18.6 Å². The van der Waals surface area contributed by atoms with E-state index in [1.165, 1.54) is 24.3 Å². The molecule has 5 heteroatoms. The van der Waals surface area contributed by atoms with E-state index in [2.05, 4.69) is 10.5 Å². The number of carbonyl (C=O) groups excluding carboxylic acids is 1. The molecular weight excluding hydrogens is 216 g/mol. The molecule has 0 saturated heterocycles. The second-order valence-corrected chi connectivity index (χ2v) is 3.29. The molecule has 0 saturated carbocycles. The van der Waals surface area contributed by atoms with Gasteiger partial charge in [-0.1, -0.05) is 30.3 Å². The van der Waals surface area contributed by atoms with E-state index in [9.17, 15) is 13.6 Å². The van der Waals surface area contributed by atoms with Crippen molar-refractivity contribution in [2.75, 3.05) is 6.61 Å². The van der Waals surface area contributed by atoms with Crippen LogP contribution in [0.2, 0.25) is 0 Å². The molecule has 0 aromatic heterocycles. The first-order chi connectivity index (χ1) is 7.50. The van der Waals surface area contributed by atoms with Crippen LogP contribution in [0.4, 0.5) is 8.78 Å². The highest BCUT2D eigenvalue weighted by Gasteiger charge is 2.47. The van der Waals surface area contributed by atoms with Crippen LogP contribution < -0.4 is 5.73 Å². The molecule has 1 aromatic carbocycles. The third-order valence-electron chi connectivity index (χ3n) is 2.17. The first-order valence-corrected chi connectivity index (χ1v) is 4.93. The zero-order chi connectivity index (χ0) is 12.2. The average Bonchev–Trinajstić information content (AvgIpc) is 2.29. The minimum absolute atomic E-state index is 0.0652. The van der Waals surface area contributed by atoms with Crippen molar-refractivity contribution in [2.45, 2.75) is 18.9 Å². The number of rotatable bonds is 4. The quantitative estimate of drug-likeness (QED) is 0.783. The van der Waals surface area contributed by atoms with Crippen molar-refractivity contribution in [1.82, 2.24) is 0 Å². The molecule has 1 atom stereocenters. The number of quaternary nitrogens is 1. The van der Waals surface area contributed by atoms with Gasteiger partial charge in [0.15, 0.2) is 0 Å². The molecule has 0 aliphatic carbocycles. The molecule has 3 N–H and O–H groups in total. The summed E-state index contributed by atoms with van der Waals surface area (Å²) in [5.74, 6) is -4.30. The Balaban J connectivity index is 2.89. The number of ether oxygens (including phenoxy) is 1. The highest BCUT2D eigenvalue weighted by Crippen LogP contribution is 2.30. The van der Waals surface area contributed by atoms with Gasteiger partial charge in [0, 0.05) is 5.56 Å². The van der Waals surface area contributed by atoms with Gasteiger partial charge >= 0.3 is 11.9 Å². The van der Waals surface area contributed by atoms with Crippen molar-refractivity contribution >= 4 is 5.97 Å². The summed E-state index contributed by atoms with van der Waals surface area (Å²) in [6, 6.07) is 5.40. The van der Waals surface area contributed by atoms with Crippen LogP contribution in [0, 0.1) is 0 Å². The summed E-state index contributed by atoms with van der Waals surface area (Å²) in [5.41, 5.74) is 2.95. The Bertz CT molecular complexity index is 354. The zero-order valence-electron chi connectivity index (χ0n) is 8.95. The van der Waals surface area contributed by atoms with Gasteiger partial charge < -0.3 is 10.5 Å². The van der Waals surface area contributed by atoms with Crippen molar-refractivity contribution < 1.29 is 24.0 Å². The van der Waals surface area contributed by atoms with E-state index in [4.69, 9.17) is 0 Å². The fourth-order valence-corrected chi connectivity index (χ4v) is 1.25. The van der Waals surface area contributed by atoms with E-state index >= 15 is 0 Å². The van der Waals surface area contributed by atoms with Crippen molar-refractivity contribution in [3.63, 3.8) is 0 Å². The minimum atomic E-state index is -3.31. The molecule has 3 nitrogen and oxygen atoms in total. The van der Waals surface area contributed by atoms with Crippen LogP contribution in [-0.2, 0) is 15.5 Å². The molecule has 0 amide bonds. The van der Waals surface area contributed by atoms with Crippen LogP contribution in [0.3, 0.4) is 0 Å². The minimum Gasteiger partial charge on any atom is -0.461 e. The predicted octanol–water partition coefficient (Wildman–Crippen LogP) is 0.952. The van der Waals surface area contributed by atoms with Gasteiger partial charge in [-0.05, 0) is 6.92 Å². The number of halogens is 2. The fraction of sp³-hybridized carbons (Fsp3) is 0.364. The Morgan fingerprint density at radius 3 is 2.50 bits per heavy atom. The molecule has 1 aromatic rings. The van der Waals surface area contributed by atoms with Crippen molar-refractivity contribution in [2.24, 2.45) is 0 Å². The Labute approximate surface area is 92.2 Å². The normalized spacial score (nSPS) is 13.2. The van der Waals surface area contributed by atoms with Gasteiger partial charge in [-0.2, -0.15) is 8.78 Å². The van der Waals surface area contributed by atoms with E-state index in [0.717, 1.165) is 0 Å². The number of carbonyl (C=O) groups is 1. The summed E-state index contributed by atoms with van der Waals surface area (Å²) in [4.78, 5) is 11.2. The summed E-state index contributed by atoms with van der Waals surface area (Å²) in [7, 11) is 0. The Morgan fingerprint density at radius 2 is 2.00 bits per heavy atom. The molecule has 0 heterocycles. The highest BCUT2D eigenvalue weighted by molar-refractivity contribution is 5.75. The second kappa shape index (κ2) is 5.03. The van der Waals surface area contributed by atoms with Crippen LogP contribution >= 0.6 is 0 Å². The topological polar surface area (TPSA) is 53.9 Å². The van der Waals surface area contributed by atoms with Gasteiger partial charge in [-0.15, -0.1) is 0 Å². The number of hydrogen-bond acceptors (Lipinski definition) is 2. The number of hydrogen-bond donors (Lipinski definition) is 1. The van der Waals surface area contributed by atoms with Gasteiger partial charge in [0.05, 0.1) is 6.61 Å². The summed E-state index contributed by atoms with van der Waals surface area (Å²) in [5, 5.41) is 0. The van der Waals surface area contributed by atoms with Crippen molar-refractivity contribution in [3.8, 4) is 0 Å². The number of esters is 1. The molecule has 0 bridgehead atoms. The number of alkyl halides is 2. The lowest BCUT2D eigenvalue weighted by atomic mass is 10.0. The average molecular weight is 230 g/mol. The standard InChI is InChI=1S/C11H13F2NO2/c1-2-16-10(15)9(14)11(12,13)8-6-4-3-5-7-8/h3-7,9H,2,14H2,1H3/p+1. The van der Waals surface area contributed by atoms with Gasteiger partial charge in [-0.3, -0.25) is 0 Å². The first-order valence-electron chi connectivity index (χ1n) is 4.93. The molecule has 16 heavy (non-hydrogen) atoms. The molecule has 1 unspecified atom stereocenters. The molecule has 0 radical (unpaired) electrons. The van der Waals surface area contributed by atoms with Crippen LogP contribution in [0.15, 0.2) is 30.3 Å². The summed E-state index contributed by atoms with van der Waals surface area (Å²) in [6.45, 7) is 1.63. The second-order valence-electron chi connectivity index (χ2n) is 3.29. The van der Waals surface area contributed by atoms with Gasteiger partial charge in [0.2, 0.25) is 0 Å². The molecular formula is C11H14F2NO2+. The summed E-state index contributed by atoms with van der Waals surface area (Å²) >= 11 is 0. The fourth-order valence-electron chi connectivity index (χ4n) is 1.25. The van der Waals surface area contributed by atoms with E-state index in [-0.39, 0.29) is 12.2 Å². The zero-order valence-corrected chi connectivity index (χ0v) is 8.95. The maximum Gasteiger partial charge on any atom is 0.371 e. The first kappa shape index (κ1) is 12.6. The third-order valence-corrected chi connectivity index (χ3v) is 2.17. The smallest absolute Gasteiger partial charge is 0.371 e. The van der Waals surface area contributed by atoms with Gasteiger partial charge in [0.1, 0.15) is 0 Å². The molecule has 1 rings (SSSR count). The summed E-state index contributed by atoms with van der Waals surface area (Å²) < 4.78 is 32.0. The Kier molecular flexibility index (Phi) is 3.95. The lowest BCUT2D eigenvalue weighted by molar-refractivity contribution is -0.451. The molecule has 0 spiro atoms. The molecule has 0 aliphatic heterocycles. The Hall–Kier alpha value is -1.49.